The minimum atomic E-state index is -0.477. The molecule has 4 heteroatoms. The summed E-state index contributed by atoms with van der Waals surface area (Å²) in [6.07, 6.45) is 5.62. The van der Waals surface area contributed by atoms with Gasteiger partial charge in [0.25, 0.3) is 0 Å². The standard InChI is InChI=1S/C12H22O4/c13-10(4-5-12(14)6-7-12)9-16-11-3-1-2-8-15-11/h10-11,13-14H,1-9H2/t10?,11-/m0/s1. The van der Waals surface area contributed by atoms with Gasteiger partial charge >= 0.3 is 0 Å². The molecule has 94 valence electrons. The SMILES string of the molecule is OC(CCC1(O)CC1)CO[C@H]1CCCCO1. The van der Waals surface area contributed by atoms with Crippen molar-refractivity contribution >= 4 is 0 Å². The van der Waals surface area contributed by atoms with Crippen LogP contribution < -0.4 is 0 Å². The molecular weight excluding hydrogens is 208 g/mol. The van der Waals surface area contributed by atoms with Crippen molar-refractivity contribution in [3.63, 3.8) is 0 Å². The van der Waals surface area contributed by atoms with Crippen LogP contribution in [-0.2, 0) is 9.47 Å². The molecule has 1 unspecified atom stereocenters. The first-order chi connectivity index (χ1) is 7.68. The third-order valence-electron chi connectivity index (χ3n) is 3.38. The van der Waals surface area contributed by atoms with Crippen molar-refractivity contribution in [3.05, 3.63) is 0 Å². The quantitative estimate of drug-likeness (QED) is 0.719. The first kappa shape index (κ1) is 12.3. The maximum absolute atomic E-state index is 9.68. The first-order valence-electron chi connectivity index (χ1n) is 6.32. The third-order valence-corrected chi connectivity index (χ3v) is 3.38. The van der Waals surface area contributed by atoms with Crippen LogP contribution in [0.3, 0.4) is 0 Å². The van der Waals surface area contributed by atoms with E-state index in [1.54, 1.807) is 0 Å². The zero-order chi connectivity index (χ0) is 11.4. The highest BCUT2D eigenvalue weighted by Crippen LogP contribution is 2.39. The van der Waals surface area contributed by atoms with Crippen LogP contribution in [0.4, 0.5) is 0 Å². The maximum Gasteiger partial charge on any atom is 0.157 e. The van der Waals surface area contributed by atoms with E-state index in [1.807, 2.05) is 0 Å². The lowest BCUT2D eigenvalue weighted by Gasteiger charge is -2.24. The third kappa shape index (κ3) is 4.01. The molecule has 1 aliphatic heterocycles. The molecule has 2 fully saturated rings. The lowest BCUT2D eigenvalue weighted by atomic mass is 10.1. The van der Waals surface area contributed by atoms with Gasteiger partial charge in [0.05, 0.1) is 18.3 Å². The van der Waals surface area contributed by atoms with Gasteiger partial charge in [-0.25, -0.2) is 0 Å². The van der Waals surface area contributed by atoms with Crippen molar-refractivity contribution in [1.82, 2.24) is 0 Å². The maximum atomic E-state index is 9.68. The van der Waals surface area contributed by atoms with Gasteiger partial charge in [-0.3, -0.25) is 0 Å². The van der Waals surface area contributed by atoms with Crippen molar-refractivity contribution in [1.29, 1.82) is 0 Å². The highest BCUT2D eigenvalue weighted by Gasteiger charge is 2.39. The molecule has 0 aromatic heterocycles. The second kappa shape index (κ2) is 5.45. The van der Waals surface area contributed by atoms with Gasteiger partial charge < -0.3 is 19.7 Å². The highest BCUT2D eigenvalue weighted by molar-refractivity contribution is 4.93. The highest BCUT2D eigenvalue weighted by atomic mass is 16.7. The minimum absolute atomic E-state index is 0.132. The van der Waals surface area contributed by atoms with Crippen molar-refractivity contribution in [2.75, 3.05) is 13.2 Å². The summed E-state index contributed by atoms with van der Waals surface area (Å²) >= 11 is 0. The van der Waals surface area contributed by atoms with Crippen LogP contribution in [0.5, 0.6) is 0 Å². The fourth-order valence-corrected chi connectivity index (χ4v) is 1.97. The molecule has 16 heavy (non-hydrogen) atoms. The number of aliphatic hydroxyl groups is 2. The second-order valence-electron chi connectivity index (χ2n) is 5.05. The normalized spacial score (nSPS) is 30.0. The van der Waals surface area contributed by atoms with Gasteiger partial charge in [-0.05, 0) is 44.9 Å². The predicted molar refractivity (Wildman–Crippen MR) is 59.0 cm³/mol. The molecule has 1 heterocycles. The molecule has 0 bridgehead atoms. The molecule has 1 aliphatic carbocycles. The molecule has 2 aliphatic rings. The Kier molecular flexibility index (Phi) is 4.19. The van der Waals surface area contributed by atoms with E-state index in [1.165, 1.54) is 0 Å². The second-order valence-corrected chi connectivity index (χ2v) is 5.05. The van der Waals surface area contributed by atoms with Gasteiger partial charge in [-0.2, -0.15) is 0 Å². The van der Waals surface area contributed by atoms with Gasteiger partial charge in [0.15, 0.2) is 6.29 Å². The average Bonchev–Trinajstić information content (AvgIpc) is 3.04. The Bertz CT molecular complexity index is 209. The van der Waals surface area contributed by atoms with Crippen LogP contribution in [-0.4, -0.2) is 41.4 Å². The van der Waals surface area contributed by atoms with E-state index < -0.39 is 11.7 Å². The van der Waals surface area contributed by atoms with Gasteiger partial charge in [0, 0.05) is 6.61 Å². The summed E-state index contributed by atoms with van der Waals surface area (Å²) < 4.78 is 10.9. The summed E-state index contributed by atoms with van der Waals surface area (Å²) in [7, 11) is 0. The van der Waals surface area contributed by atoms with E-state index >= 15 is 0 Å². The summed E-state index contributed by atoms with van der Waals surface area (Å²) in [5.74, 6) is 0. The molecule has 4 nitrogen and oxygen atoms in total. The Morgan fingerprint density at radius 1 is 1.38 bits per heavy atom. The van der Waals surface area contributed by atoms with E-state index in [0.717, 1.165) is 38.7 Å². The molecule has 0 radical (unpaired) electrons. The van der Waals surface area contributed by atoms with Crippen LogP contribution in [0.2, 0.25) is 0 Å². The Labute approximate surface area is 96.6 Å². The first-order valence-corrected chi connectivity index (χ1v) is 6.32. The van der Waals surface area contributed by atoms with Crippen LogP contribution in [0, 0.1) is 0 Å². The Balaban J connectivity index is 1.54. The molecular formula is C12H22O4. The molecule has 2 N–H and O–H groups in total. The Hall–Kier alpha value is -0.160. The van der Waals surface area contributed by atoms with Crippen molar-refractivity contribution in [2.45, 2.75) is 62.9 Å². The summed E-state index contributed by atoms with van der Waals surface area (Å²) in [6, 6.07) is 0. The van der Waals surface area contributed by atoms with Crippen LogP contribution in [0.1, 0.15) is 44.9 Å². The molecule has 2 rings (SSSR count). The number of hydrogen-bond donors (Lipinski definition) is 2. The minimum Gasteiger partial charge on any atom is -0.391 e. The van der Waals surface area contributed by atoms with Crippen molar-refractivity contribution in [2.24, 2.45) is 0 Å². The topological polar surface area (TPSA) is 58.9 Å². The zero-order valence-corrected chi connectivity index (χ0v) is 9.73. The molecule has 1 saturated heterocycles. The Morgan fingerprint density at radius 2 is 2.19 bits per heavy atom. The van der Waals surface area contributed by atoms with E-state index in [0.29, 0.717) is 19.4 Å². The molecule has 0 aromatic rings. The van der Waals surface area contributed by atoms with E-state index in [9.17, 15) is 10.2 Å². The number of ether oxygens (including phenoxy) is 2. The zero-order valence-electron chi connectivity index (χ0n) is 9.73. The van der Waals surface area contributed by atoms with Gasteiger partial charge in [0.2, 0.25) is 0 Å². The van der Waals surface area contributed by atoms with Crippen LogP contribution in [0.15, 0.2) is 0 Å². The fraction of sp³-hybridized carbons (Fsp3) is 1.00. The fourth-order valence-electron chi connectivity index (χ4n) is 1.97. The number of hydrogen-bond acceptors (Lipinski definition) is 4. The summed E-state index contributed by atoms with van der Waals surface area (Å²) in [4.78, 5) is 0. The molecule has 0 aromatic carbocycles. The predicted octanol–water partition coefficient (Wildman–Crippen LogP) is 1.20. The summed E-state index contributed by atoms with van der Waals surface area (Å²) in [6.45, 7) is 1.08. The summed E-state index contributed by atoms with van der Waals surface area (Å²) in [5, 5.41) is 19.3. The van der Waals surface area contributed by atoms with Crippen molar-refractivity contribution in [3.8, 4) is 0 Å². The van der Waals surface area contributed by atoms with E-state index in [4.69, 9.17) is 9.47 Å². The van der Waals surface area contributed by atoms with E-state index in [2.05, 4.69) is 0 Å². The Morgan fingerprint density at radius 3 is 2.81 bits per heavy atom. The summed E-state index contributed by atoms with van der Waals surface area (Å²) in [5.41, 5.74) is -0.470. The van der Waals surface area contributed by atoms with Crippen LogP contribution in [0.25, 0.3) is 0 Å². The molecule has 2 atom stereocenters. The van der Waals surface area contributed by atoms with Crippen LogP contribution >= 0.6 is 0 Å². The average molecular weight is 230 g/mol. The lowest BCUT2D eigenvalue weighted by molar-refractivity contribution is -0.175. The van der Waals surface area contributed by atoms with Gasteiger partial charge in [-0.15, -0.1) is 0 Å². The number of aliphatic hydroxyl groups excluding tert-OH is 1. The molecule has 1 saturated carbocycles. The molecule has 0 spiro atoms. The van der Waals surface area contributed by atoms with E-state index in [-0.39, 0.29) is 6.29 Å². The number of rotatable bonds is 6. The van der Waals surface area contributed by atoms with Crippen molar-refractivity contribution < 1.29 is 19.7 Å². The smallest absolute Gasteiger partial charge is 0.157 e. The monoisotopic (exact) mass is 230 g/mol. The molecule has 0 amide bonds. The van der Waals surface area contributed by atoms with Gasteiger partial charge in [0.1, 0.15) is 0 Å². The largest absolute Gasteiger partial charge is 0.391 e. The van der Waals surface area contributed by atoms with Gasteiger partial charge in [-0.1, -0.05) is 0 Å². The lowest BCUT2D eigenvalue weighted by Crippen LogP contribution is -2.27.